The molecule has 1 aliphatic heterocycles. The van der Waals surface area contributed by atoms with Gasteiger partial charge in [-0.25, -0.2) is 0 Å². The highest BCUT2D eigenvalue weighted by Gasteiger charge is 2.35. The van der Waals surface area contributed by atoms with E-state index < -0.39 is 11.7 Å². The van der Waals surface area contributed by atoms with Crippen molar-refractivity contribution in [3.8, 4) is 5.75 Å². The minimum absolute atomic E-state index is 0.0306. The highest BCUT2D eigenvalue weighted by molar-refractivity contribution is 5.43. The average Bonchev–Trinajstić information content (AvgIpc) is 2.80. The number of hydrogen-bond acceptors (Lipinski definition) is 2. The van der Waals surface area contributed by atoms with Crippen LogP contribution in [-0.2, 0) is 12.6 Å². The molecule has 1 saturated heterocycles. The van der Waals surface area contributed by atoms with Crippen LogP contribution in [0.3, 0.4) is 0 Å². The molecule has 0 amide bonds. The van der Waals surface area contributed by atoms with Gasteiger partial charge in [0.25, 0.3) is 0 Å². The number of methoxy groups -OCH3 is 1. The Kier molecular flexibility index (Phi) is 3.80. The van der Waals surface area contributed by atoms with Crippen LogP contribution in [0, 0.1) is 5.92 Å². The van der Waals surface area contributed by atoms with Gasteiger partial charge < -0.3 is 10.1 Å². The van der Waals surface area contributed by atoms with Crippen molar-refractivity contribution >= 4 is 0 Å². The maximum Gasteiger partial charge on any atom is 0.419 e. The van der Waals surface area contributed by atoms with Gasteiger partial charge >= 0.3 is 6.18 Å². The molecule has 1 aromatic rings. The third-order valence-corrected chi connectivity index (χ3v) is 3.28. The van der Waals surface area contributed by atoms with Crippen molar-refractivity contribution < 1.29 is 17.9 Å². The van der Waals surface area contributed by atoms with E-state index in [1.165, 1.54) is 13.2 Å². The van der Waals surface area contributed by atoms with Crippen LogP contribution < -0.4 is 10.1 Å². The van der Waals surface area contributed by atoms with Crippen LogP contribution in [0.5, 0.6) is 5.75 Å². The Morgan fingerprint density at radius 1 is 1.39 bits per heavy atom. The molecule has 2 nitrogen and oxygen atoms in total. The Labute approximate surface area is 104 Å². The van der Waals surface area contributed by atoms with Gasteiger partial charge in [0.15, 0.2) is 0 Å². The predicted molar refractivity (Wildman–Crippen MR) is 62.7 cm³/mol. The Balaban J connectivity index is 2.29. The van der Waals surface area contributed by atoms with E-state index in [0.29, 0.717) is 17.9 Å². The van der Waals surface area contributed by atoms with E-state index in [4.69, 9.17) is 4.74 Å². The summed E-state index contributed by atoms with van der Waals surface area (Å²) >= 11 is 0. The summed E-state index contributed by atoms with van der Waals surface area (Å²) in [5, 5.41) is 3.21. The number of alkyl halides is 3. The van der Waals surface area contributed by atoms with Crippen LogP contribution in [0.15, 0.2) is 18.2 Å². The van der Waals surface area contributed by atoms with Gasteiger partial charge in [-0.05, 0) is 43.5 Å². The van der Waals surface area contributed by atoms with Gasteiger partial charge in [0.1, 0.15) is 5.75 Å². The van der Waals surface area contributed by atoms with E-state index in [9.17, 15) is 13.2 Å². The number of halogens is 3. The standard InChI is InChI=1S/C13H16F3NO/c1-18-12-10(7-9-5-6-17-8-9)3-2-4-11(12)13(14,15)16/h2-4,9,17H,5-8H2,1H3. The van der Waals surface area contributed by atoms with Crippen molar-refractivity contribution in [2.24, 2.45) is 5.92 Å². The molecule has 1 aliphatic rings. The molecule has 5 heteroatoms. The Morgan fingerprint density at radius 2 is 2.17 bits per heavy atom. The van der Waals surface area contributed by atoms with E-state index in [-0.39, 0.29) is 5.75 Å². The Bertz CT molecular complexity index is 411. The lowest BCUT2D eigenvalue weighted by molar-refractivity contribution is -0.138. The molecule has 0 aromatic heterocycles. The first-order valence-electron chi connectivity index (χ1n) is 5.96. The summed E-state index contributed by atoms with van der Waals surface area (Å²) < 4.78 is 43.5. The van der Waals surface area contributed by atoms with Crippen molar-refractivity contribution in [1.29, 1.82) is 0 Å². The van der Waals surface area contributed by atoms with Gasteiger partial charge in [0.05, 0.1) is 12.7 Å². The second-order valence-corrected chi connectivity index (χ2v) is 4.56. The SMILES string of the molecule is COc1c(CC2CCNC2)cccc1C(F)(F)F. The lowest BCUT2D eigenvalue weighted by Gasteiger charge is -2.17. The molecule has 0 spiro atoms. The molecule has 1 N–H and O–H groups in total. The average molecular weight is 259 g/mol. The van der Waals surface area contributed by atoms with Gasteiger partial charge in [-0.2, -0.15) is 13.2 Å². The third-order valence-electron chi connectivity index (χ3n) is 3.28. The topological polar surface area (TPSA) is 21.3 Å². The number of benzene rings is 1. The summed E-state index contributed by atoms with van der Waals surface area (Å²) in [6, 6.07) is 4.23. The van der Waals surface area contributed by atoms with E-state index in [2.05, 4.69) is 5.32 Å². The summed E-state index contributed by atoms with van der Waals surface area (Å²) in [6.07, 6.45) is -2.74. The number of nitrogens with one attached hydrogen (secondary N) is 1. The van der Waals surface area contributed by atoms with Crippen molar-refractivity contribution in [3.05, 3.63) is 29.3 Å². The van der Waals surface area contributed by atoms with Crippen molar-refractivity contribution in [3.63, 3.8) is 0 Å². The van der Waals surface area contributed by atoms with Crippen LogP contribution in [0.25, 0.3) is 0 Å². The molecule has 1 fully saturated rings. The van der Waals surface area contributed by atoms with Gasteiger partial charge in [-0.15, -0.1) is 0 Å². The molecule has 0 aliphatic carbocycles. The fourth-order valence-electron chi connectivity index (χ4n) is 2.41. The normalized spacial score (nSPS) is 20.1. The molecular formula is C13H16F3NO. The van der Waals surface area contributed by atoms with Crippen molar-refractivity contribution in [1.82, 2.24) is 5.32 Å². The quantitative estimate of drug-likeness (QED) is 0.901. The molecule has 2 rings (SSSR count). The van der Waals surface area contributed by atoms with Crippen LogP contribution in [-0.4, -0.2) is 20.2 Å². The van der Waals surface area contributed by atoms with Gasteiger partial charge in [-0.1, -0.05) is 12.1 Å². The first-order chi connectivity index (χ1) is 8.52. The fraction of sp³-hybridized carbons (Fsp3) is 0.538. The predicted octanol–water partition coefficient (Wildman–Crippen LogP) is 2.87. The lowest BCUT2D eigenvalue weighted by Crippen LogP contribution is -2.13. The summed E-state index contributed by atoms with van der Waals surface area (Å²) in [7, 11) is 1.29. The molecule has 18 heavy (non-hydrogen) atoms. The highest BCUT2D eigenvalue weighted by Crippen LogP contribution is 2.38. The summed E-state index contributed by atoms with van der Waals surface area (Å²) in [5.74, 6) is 0.360. The summed E-state index contributed by atoms with van der Waals surface area (Å²) in [6.45, 7) is 1.80. The summed E-state index contributed by atoms with van der Waals surface area (Å²) in [4.78, 5) is 0. The second kappa shape index (κ2) is 5.18. The highest BCUT2D eigenvalue weighted by atomic mass is 19.4. The van der Waals surface area contributed by atoms with Crippen LogP contribution in [0.1, 0.15) is 17.5 Å². The van der Waals surface area contributed by atoms with Crippen LogP contribution >= 0.6 is 0 Å². The third kappa shape index (κ3) is 2.77. The number of rotatable bonds is 3. The minimum Gasteiger partial charge on any atom is -0.496 e. The zero-order chi connectivity index (χ0) is 13.2. The maximum atomic E-state index is 12.8. The first-order valence-corrected chi connectivity index (χ1v) is 5.96. The first kappa shape index (κ1) is 13.2. The van der Waals surface area contributed by atoms with Gasteiger partial charge in [0, 0.05) is 0 Å². The number of ether oxygens (including phenoxy) is 1. The Hall–Kier alpha value is -1.23. The zero-order valence-electron chi connectivity index (χ0n) is 10.2. The van der Waals surface area contributed by atoms with Crippen LogP contribution in [0.2, 0.25) is 0 Å². The van der Waals surface area contributed by atoms with E-state index >= 15 is 0 Å². The fourth-order valence-corrected chi connectivity index (χ4v) is 2.41. The molecule has 0 saturated carbocycles. The zero-order valence-corrected chi connectivity index (χ0v) is 10.2. The van der Waals surface area contributed by atoms with E-state index in [1.807, 2.05) is 0 Å². The molecule has 1 unspecified atom stereocenters. The van der Waals surface area contributed by atoms with Crippen molar-refractivity contribution in [2.75, 3.05) is 20.2 Å². The molecule has 1 heterocycles. The van der Waals surface area contributed by atoms with Crippen molar-refractivity contribution in [2.45, 2.75) is 19.0 Å². The summed E-state index contributed by atoms with van der Waals surface area (Å²) in [5.41, 5.74) is -0.0468. The molecule has 100 valence electrons. The minimum atomic E-state index is -4.37. The van der Waals surface area contributed by atoms with Gasteiger partial charge in [-0.3, -0.25) is 0 Å². The molecule has 0 bridgehead atoms. The largest absolute Gasteiger partial charge is 0.496 e. The number of hydrogen-bond donors (Lipinski definition) is 1. The molecule has 1 aromatic carbocycles. The van der Waals surface area contributed by atoms with E-state index in [0.717, 1.165) is 25.6 Å². The second-order valence-electron chi connectivity index (χ2n) is 4.56. The van der Waals surface area contributed by atoms with Crippen LogP contribution in [0.4, 0.5) is 13.2 Å². The van der Waals surface area contributed by atoms with Gasteiger partial charge in [0.2, 0.25) is 0 Å². The molecule has 1 atom stereocenters. The smallest absolute Gasteiger partial charge is 0.419 e. The monoisotopic (exact) mass is 259 g/mol. The molecule has 0 radical (unpaired) electrons. The maximum absolute atomic E-state index is 12.8. The van der Waals surface area contributed by atoms with E-state index in [1.54, 1.807) is 6.07 Å². The Morgan fingerprint density at radius 3 is 2.72 bits per heavy atom. The lowest BCUT2D eigenvalue weighted by atomic mass is 9.96. The molecular weight excluding hydrogens is 243 g/mol. The number of para-hydroxylation sites is 1.